The van der Waals surface area contributed by atoms with Crippen LogP contribution in [0.1, 0.15) is 31.2 Å². The highest BCUT2D eigenvalue weighted by molar-refractivity contribution is 5.94. The van der Waals surface area contributed by atoms with Gasteiger partial charge in [-0.25, -0.2) is 4.79 Å². The first-order chi connectivity index (χ1) is 18.3. The number of hydrogen-bond acceptors (Lipinski definition) is 9. The van der Waals surface area contributed by atoms with Gasteiger partial charge in [-0.2, -0.15) is 0 Å². The first-order valence-corrected chi connectivity index (χ1v) is 11.9. The predicted octanol–water partition coefficient (Wildman–Crippen LogP) is -3.29. The smallest absolute Gasteiger partial charge is 0.326 e. The molecule has 216 valence electrons. The number of aliphatic hydroxyl groups is 1. The fraction of sp³-hybridized carbons (Fsp3) is 0.478. The van der Waals surface area contributed by atoms with Gasteiger partial charge in [0.15, 0.2) is 5.96 Å². The molecule has 3 amide bonds. The lowest BCUT2D eigenvalue weighted by molar-refractivity contribution is -0.143. The summed E-state index contributed by atoms with van der Waals surface area (Å²) in [6.07, 6.45) is -0.751. The minimum absolute atomic E-state index is 0.0299. The molecule has 0 saturated carbocycles. The van der Waals surface area contributed by atoms with Crippen molar-refractivity contribution in [3.63, 3.8) is 0 Å². The summed E-state index contributed by atoms with van der Waals surface area (Å²) < 4.78 is 0. The molecule has 39 heavy (non-hydrogen) atoms. The third-order valence-electron chi connectivity index (χ3n) is 5.38. The van der Waals surface area contributed by atoms with Gasteiger partial charge in [0, 0.05) is 13.0 Å². The van der Waals surface area contributed by atoms with Gasteiger partial charge in [-0.15, -0.1) is 0 Å². The fourth-order valence-electron chi connectivity index (χ4n) is 3.29. The van der Waals surface area contributed by atoms with Gasteiger partial charge in [0.1, 0.15) is 23.9 Å². The van der Waals surface area contributed by atoms with Gasteiger partial charge < -0.3 is 53.6 Å². The maximum atomic E-state index is 12.8. The molecule has 0 saturated heterocycles. The van der Waals surface area contributed by atoms with Crippen molar-refractivity contribution in [2.24, 2.45) is 22.2 Å². The van der Waals surface area contributed by atoms with Crippen LogP contribution in [-0.4, -0.2) is 93.4 Å². The van der Waals surface area contributed by atoms with Crippen molar-refractivity contribution in [2.75, 3.05) is 13.2 Å². The van der Waals surface area contributed by atoms with Crippen molar-refractivity contribution < 1.29 is 44.4 Å². The molecule has 1 aromatic carbocycles. The molecule has 4 atom stereocenters. The van der Waals surface area contributed by atoms with E-state index >= 15 is 0 Å². The van der Waals surface area contributed by atoms with Crippen LogP contribution in [0.4, 0.5) is 0 Å². The summed E-state index contributed by atoms with van der Waals surface area (Å²) in [5.74, 6) is -5.57. The number of aliphatic imine (C=N–C) groups is 1. The maximum absolute atomic E-state index is 12.8. The number of nitrogens with one attached hydrogen (secondary N) is 3. The number of rotatable bonds is 17. The number of benzene rings is 1. The van der Waals surface area contributed by atoms with Crippen LogP contribution in [0.2, 0.25) is 0 Å². The van der Waals surface area contributed by atoms with E-state index in [-0.39, 0.29) is 37.5 Å². The third-order valence-corrected chi connectivity index (χ3v) is 5.38. The molecule has 4 unspecified atom stereocenters. The summed E-state index contributed by atoms with van der Waals surface area (Å²) in [7, 11) is 0. The molecule has 0 bridgehead atoms. The summed E-state index contributed by atoms with van der Waals surface area (Å²) in [6, 6.07) is 0.458. The van der Waals surface area contributed by atoms with Crippen LogP contribution in [0.3, 0.4) is 0 Å². The van der Waals surface area contributed by atoms with Crippen molar-refractivity contribution in [3.8, 4) is 5.75 Å². The van der Waals surface area contributed by atoms with Crippen molar-refractivity contribution in [2.45, 2.75) is 56.3 Å². The van der Waals surface area contributed by atoms with E-state index in [1.54, 1.807) is 12.1 Å². The number of nitrogens with two attached hydrogens (primary N) is 3. The van der Waals surface area contributed by atoms with E-state index in [0.29, 0.717) is 5.56 Å². The molecular formula is C23H35N7O9. The molecule has 0 aliphatic rings. The van der Waals surface area contributed by atoms with Crippen LogP contribution in [-0.2, 0) is 30.4 Å². The zero-order valence-electron chi connectivity index (χ0n) is 21.1. The summed E-state index contributed by atoms with van der Waals surface area (Å²) in [6.45, 7) is -0.766. The van der Waals surface area contributed by atoms with Crippen LogP contribution >= 0.6 is 0 Å². The van der Waals surface area contributed by atoms with Crippen molar-refractivity contribution in [1.29, 1.82) is 0 Å². The Labute approximate surface area is 223 Å². The number of amides is 3. The minimum atomic E-state index is -1.54. The topological polar surface area (TPSA) is 293 Å². The average molecular weight is 554 g/mol. The standard InChI is InChI=1S/C23H35N7O9/c24-14(10-12-3-5-13(32)6-4-12)19(35)30-17(11-31)21(37)28-15(2-1-9-27-23(25)26)20(36)29-16(22(38)39)7-8-18(33)34/h3-6,14-17,31-32H,1-2,7-11,24H2,(H,28,37)(H,29,36)(H,30,35)(H,33,34)(H,38,39)(H4,25,26,27). The number of aliphatic carboxylic acids is 2. The van der Waals surface area contributed by atoms with E-state index in [9.17, 15) is 39.3 Å². The molecule has 16 nitrogen and oxygen atoms in total. The molecule has 16 heteroatoms. The average Bonchev–Trinajstić information content (AvgIpc) is 2.87. The van der Waals surface area contributed by atoms with Gasteiger partial charge in [0.25, 0.3) is 0 Å². The maximum Gasteiger partial charge on any atom is 0.326 e. The van der Waals surface area contributed by atoms with E-state index in [1.165, 1.54) is 12.1 Å². The number of hydrogen-bond donors (Lipinski definition) is 10. The Morgan fingerprint density at radius 2 is 1.41 bits per heavy atom. The van der Waals surface area contributed by atoms with E-state index in [4.69, 9.17) is 22.3 Å². The fourth-order valence-corrected chi connectivity index (χ4v) is 3.29. The SMILES string of the molecule is NC(N)=NCCCC(NC(=O)C(CO)NC(=O)C(N)Cc1ccc(O)cc1)C(=O)NC(CCC(=O)O)C(=O)O. The second-order valence-corrected chi connectivity index (χ2v) is 8.56. The first-order valence-electron chi connectivity index (χ1n) is 11.9. The predicted molar refractivity (Wildman–Crippen MR) is 137 cm³/mol. The van der Waals surface area contributed by atoms with E-state index in [2.05, 4.69) is 20.9 Å². The Morgan fingerprint density at radius 3 is 1.95 bits per heavy atom. The van der Waals surface area contributed by atoms with Gasteiger partial charge in [0.2, 0.25) is 17.7 Å². The lowest BCUT2D eigenvalue weighted by Gasteiger charge is -2.24. The zero-order chi connectivity index (χ0) is 29.5. The molecular weight excluding hydrogens is 518 g/mol. The highest BCUT2D eigenvalue weighted by atomic mass is 16.4. The van der Waals surface area contributed by atoms with Crippen LogP contribution in [0.5, 0.6) is 5.75 Å². The Balaban J connectivity index is 2.91. The van der Waals surface area contributed by atoms with Crippen LogP contribution in [0.15, 0.2) is 29.3 Å². The monoisotopic (exact) mass is 553 g/mol. The number of phenolic OH excluding ortho intramolecular Hbond substituents is 1. The van der Waals surface area contributed by atoms with Gasteiger partial charge in [-0.3, -0.25) is 24.2 Å². The van der Waals surface area contributed by atoms with Gasteiger partial charge in [-0.1, -0.05) is 12.1 Å². The Hall–Kier alpha value is -4.44. The van der Waals surface area contributed by atoms with E-state index in [1.807, 2.05) is 0 Å². The second-order valence-electron chi connectivity index (χ2n) is 8.56. The zero-order valence-corrected chi connectivity index (χ0v) is 21.1. The van der Waals surface area contributed by atoms with Crippen LogP contribution in [0.25, 0.3) is 0 Å². The Morgan fingerprint density at radius 1 is 0.846 bits per heavy atom. The quantitative estimate of drug-likeness (QED) is 0.0516. The minimum Gasteiger partial charge on any atom is -0.508 e. The summed E-state index contributed by atoms with van der Waals surface area (Å²) in [5.41, 5.74) is 17.1. The normalized spacial score (nSPS) is 13.7. The van der Waals surface area contributed by atoms with Crippen LogP contribution in [0, 0.1) is 0 Å². The largest absolute Gasteiger partial charge is 0.508 e. The number of carboxylic acids is 2. The molecule has 0 aliphatic heterocycles. The van der Waals surface area contributed by atoms with Gasteiger partial charge >= 0.3 is 11.9 Å². The molecule has 0 spiro atoms. The molecule has 0 radical (unpaired) electrons. The number of aromatic hydroxyl groups is 1. The van der Waals surface area contributed by atoms with E-state index < -0.39 is 73.3 Å². The molecule has 1 aromatic rings. The van der Waals surface area contributed by atoms with Crippen LogP contribution < -0.4 is 33.2 Å². The number of carbonyl (C=O) groups excluding carboxylic acids is 3. The van der Waals surface area contributed by atoms with E-state index in [0.717, 1.165) is 0 Å². The third kappa shape index (κ3) is 12.6. The molecule has 0 heterocycles. The van der Waals surface area contributed by atoms with Crippen molar-refractivity contribution >= 4 is 35.6 Å². The molecule has 0 aromatic heterocycles. The van der Waals surface area contributed by atoms with Gasteiger partial charge in [0.05, 0.1) is 12.6 Å². The number of carbonyl (C=O) groups is 5. The van der Waals surface area contributed by atoms with Crippen molar-refractivity contribution in [3.05, 3.63) is 29.8 Å². The molecule has 1 rings (SSSR count). The number of guanidine groups is 1. The Bertz CT molecular complexity index is 1030. The first kappa shape index (κ1) is 32.6. The summed E-state index contributed by atoms with van der Waals surface area (Å²) in [4.78, 5) is 64.2. The highest BCUT2D eigenvalue weighted by Crippen LogP contribution is 2.11. The second kappa shape index (κ2) is 16.4. The van der Waals surface area contributed by atoms with Gasteiger partial charge in [-0.05, 0) is 43.4 Å². The lowest BCUT2D eigenvalue weighted by atomic mass is 10.1. The molecule has 0 fully saturated rings. The lowest BCUT2D eigenvalue weighted by Crippen LogP contribution is -2.58. The summed E-state index contributed by atoms with van der Waals surface area (Å²) >= 11 is 0. The number of carboxylic acid groups (broad SMARTS) is 2. The van der Waals surface area contributed by atoms with Crippen molar-refractivity contribution in [1.82, 2.24) is 16.0 Å². The summed E-state index contributed by atoms with van der Waals surface area (Å²) in [5, 5.41) is 44.0. The number of nitrogens with zero attached hydrogens (tertiary/aromatic N) is 1. The molecule has 0 aliphatic carbocycles. The number of aliphatic hydroxyl groups excluding tert-OH is 1. The molecule has 13 N–H and O–H groups in total. The highest BCUT2D eigenvalue weighted by Gasteiger charge is 2.30. The Kier molecular flexibility index (Phi) is 13.7. The number of phenols is 1.